The van der Waals surface area contributed by atoms with Crippen molar-refractivity contribution in [2.24, 2.45) is 0 Å². The fourth-order valence-corrected chi connectivity index (χ4v) is 5.85. The topological polar surface area (TPSA) is 93.2 Å². The highest BCUT2D eigenvalue weighted by Gasteiger charge is 2.37. The van der Waals surface area contributed by atoms with E-state index in [1.54, 1.807) is 12.1 Å². The average molecular weight is 713 g/mol. The molecule has 3 aromatic carbocycles. The molecule has 0 spiro atoms. The summed E-state index contributed by atoms with van der Waals surface area (Å²) >= 11 is 0. The molecule has 0 saturated heterocycles. The zero-order valence-corrected chi connectivity index (χ0v) is 29.2. The van der Waals surface area contributed by atoms with Crippen molar-refractivity contribution < 1.29 is 49.4 Å². The van der Waals surface area contributed by atoms with Crippen LogP contribution in [0.15, 0.2) is 47.4 Å². The minimum absolute atomic E-state index is 0.101. The molecule has 0 atom stereocenters. The Balaban J connectivity index is 2.07. The zero-order valence-electron chi connectivity index (χ0n) is 28.3. The van der Waals surface area contributed by atoms with Gasteiger partial charge in [0.1, 0.15) is 11.3 Å². The van der Waals surface area contributed by atoms with Gasteiger partial charge in [-0.25, -0.2) is 35.2 Å². The highest BCUT2D eigenvalue weighted by Crippen LogP contribution is 2.31. The van der Waals surface area contributed by atoms with Gasteiger partial charge < -0.3 is 14.4 Å². The second kappa shape index (κ2) is 16.6. The van der Waals surface area contributed by atoms with E-state index in [1.807, 2.05) is 46.8 Å². The first-order valence-electron chi connectivity index (χ1n) is 15.8. The molecule has 1 amide bonds. The maximum Gasteiger partial charge on any atom is 0.341 e. The lowest BCUT2D eigenvalue weighted by molar-refractivity contribution is -0.118. The summed E-state index contributed by atoms with van der Waals surface area (Å²) in [7, 11) is -4.64. The van der Waals surface area contributed by atoms with E-state index in [-0.39, 0.29) is 46.5 Å². The molecule has 3 aromatic rings. The summed E-state index contributed by atoms with van der Waals surface area (Å²) < 4.78 is 108. The maximum atomic E-state index is 14.5. The van der Waals surface area contributed by atoms with E-state index in [9.17, 15) is 40.0 Å². The van der Waals surface area contributed by atoms with Gasteiger partial charge >= 0.3 is 5.97 Å². The minimum atomic E-state index is -5.42. The van der Waals surface area contributed by atoms with Crippen LogP contribution in [0.25, 0.3) is 0 Å². The number of nitrogens with zero attached hydrogens (tertiary/aromatic N) is 2. The van der Waals surface area contributed by atoms with Crippen molar-refractivity contribution in [3.05, 3.63) is 88.2 Å². The third-order valence-corrected chi connectivity index (χ3v) is 9.46. The summed E-state index contributed by atoms with van der Waals surface area (Å²) in [5, 5.41) is 0. The normalized spacial score (nSPS) is 11.9. The van der Waals surface area contributed by atoms with E-state index in [0.29, 0.717) is 18.4 Å². The van der Waals surface area contributed by atoms with Crippen molar-refractivity contribution in [3.63, 3.8) is 0 Å². The van der Waals surface area contributed by atoms with Gasteiger partial charge in [-0.15, -0.1) is 0 Å². The highest BCUT2D eigenvalue weighted by atomic mass is 32.2. The molecule has 0 aromatic heterocycles. The van der Waals surface area contributed by atoms with Gasteiger partial charge in [0.15, 0.2) is 28.2 Å². The molecule has 0 aliphatic carbocycles. The van der Waals surface area contributed by atoms with Crippen LogP contribution in [0.2, 0.25) is 0 Å². The molecule has 0 saturated carbocycles. The lowest BCUT2D eigenvalue weighted by atomic mass is 9.87. The Hall–Kier alpha value is -4.04. The third-order valence-electron chi connectivity index (χ3n) is 7.64. The second-order valence-electron chi connectivity index (χ2n) is 12.5. The van der Waals surface area contributed by atoms with Gasteiger partial charge in [0.2, 0.25) is 21.7 Å². The predicted molar refractivity (Wildman–Crippen MR) is 174 cm³/mol. The number of carbonyl (C=O) groups excluding carboxylic acids is 2. The maximum absolute atomic E-state index is 14.5. The Morgan fingerprint density at radius 2 is 1.35 bits per heavy atom. The molecule has 0 unspecified atom stereocenters. The van der Waals surface area contributed by atoms with Gasteiger partial charge in [-0.2, -0.15) is 4.31 Å². The van der Waals surface area contributed by atoms with E-state index < -0.39 is 62.4 Å². The number of sulfonamides is 1. The molecule has 14 heteroatoms. The number of likely N-dealkylation sites (N-methyl/N-ethyl adjacent to an activating group) is 1. The lowest BCUT2D eigenvalue weighted by Crippen LogP contribution is -2.41. The molecule has 3 rings (SSSR count). The number of hydrogen-bond acceptors (Lipinski definition) is 6. The Bertz CT molecular complexity index is 1730. The number of esters is 1. The van der Waals surface area contributed by atoms with E-state index in [1.165, 1.54) is 18.2 Å². The Labute approximate surface area is 283 Å². The molecule has 0 aliphatic heterocycles. The molecule has 49 heavy (non-hydrogen) atoms. The molecule has 0 radical (unpaired) electrons. The first-order valence-corrected chi connectivity index (χ1v) is 17.2. The first kappa shape index (κ1) is 39.4. The fourth-order valence-electron chi connectivity index (χ4n) is 4.62. The van der Waals surface area contributed by atoms with Crippen LogP contribution in [0.4, 0.5) is 27.6 Å². The summed E-state index contributed by atoms with van der Waals surface area (Å²) in [6, 6.07) is 11.5. The van der Waals surface area contributed by atoms with Crippen molar-refractivity contribution in [2.45, 2.75) is 77.2 Å². The lowest BCUT2D eigenvalue weighted by Gasteiger charge is -2.27. The van der Waals surface area contributed by atoms with Gasteiger partial charge in [-0.1, -0.05) is 71.7 Å². The van der Waals surface area contributed by atoms with Crippen molar-refractivity contribution in [1.82, 2.24) is 4.31 Å². The monoisotopic (exact) mass is 712 g/mol. The van der Waals surface area contributed by atoms with Gasteiger partial charge in [-0.05, 0) is 41.5 Å². The van der Waals surface area contributed by atoms with E-state index in [0.717, 1.165) is 30.4 Å². The summed E-state index contributed by atoms with van der Waals surface area (Å²) in [5.74, 6) is -14.0. The van der Waals surface area contributed by atoms with Gasteiger partial charge in [-0.3, -0.25) is 4.79 Å². The summed E-state index contributed by atoms with van der Waals surface area (Å²) in [5.41, 5.74) is 1.71. The molecule has 0 aliphatic rings. The fraction of sp³-hybridized carbons (Fsp3) is 0.429. The number of amides is 1. The number of rotatable bonds is 15. The Morgan fingerprint density at radius 3 is 1.90 bits per heavy atom. The number of unbranched alkanes of at least 4 members (excludes halogenated alkanes) is 2. The van der Waals surface area contributed by atoms with Gasteiger partial charge in [0, 0.05) is 18.8 Å². The minimum Gasteiger partial charge on any atom is -0.493 e. The molecule has 8 nitrogen and oxygen atoms in total. The standard InChI is InChI=1S/C35H41F5N2O6S/c1-7-9-17-47-26-19-24(15-16-25(26)34(44)48-18-10-8-2)42(20-22-11-13-23(14-12-22)35(3,4)5)27(43)21-41(6)49(45,46)33-31(39)29(37)28(36)30(38)32(33)40/h11-16,19H,7-10,17-18,20-21H2,1-6H3. The Morgan fingerprint density at radius 1 is 0.796 bits per heavy atom. The number of ether oxygens (including phenoxy) is 2. The molecule has 0 bridgehead atoms. The van der Waals surface area contributed by atoms with Crippen LogP contribution >= 0.6 is 0 Å². The van der Waals surface area contributed by atoms with E-state index >= 15 is 0 Å². The van der Waals surface area contributed by atoms with Crippen LogP contribution in [0.3, 0.4) is 0 Å². The second-order valence-corrected chi connectivity index (χ2v) is 14.4. The highest BCUT2D eigenvalue weighted by molar-refractivity contribution is 7.89. The number of carbonyl (C=O) groups is 2. The largest absolute Gasteiger partial charge is 0.493 e. The van der Waals surface area contributed by atoms with Crippen LogP contribution in [-0.2, 0) is 31.5 Å². The number of hydrogen-bond donors (Lipinski definition) is 0. The quantitative estimate of drug-likeness (QED) is 0.0528. The molecular formula is C35H41F5N2O6S. The third kappa shape index (κ3) is 9.35. The predicted octanol–water partition coefficient (Wildman–Crippen LogP) is 7.67. The van der Waals surface area contributed by atoms with Crippen LogP contribution in [-0.4, -0.2) is 51.4 Å². The summed E-state index contributed by atoms with van der Waals surface area (Å²) in [6.45, 7) is 9.18. The van der Waals surface area contributed by atoms with Crippen LogP contribution in [0, 0.1) is 29.1 Å². The number of benzene rings is 3. The van der Waals surface area contributed by atoms with Gasteiger partial charge in [0.05, 0.1) is 26.3 Å². The van der Waals surface area contributed by atoms with Crippen LogP contribution < -0.4 is 9.64 Å². The van der Waals surface area contributed by atoms with Gasteiger partial charge in [0.25, 0.3) is 0 Å². The summed E-state index contributed by atoms with van der Waals surface area (Å²) in [4.78, 5) is 25.9. The van der Waals surface area contributed by atoms with Crippen molar-refractivity contribution in [2.75, 3.05) is 31.7 Å². The summed E-state index contributed by atoms with van der Waals surface area (Å²) in [6.07, 6.45) is 2.88. The molecule has 0 N–H and O–H groups in total. The number of halogens is 5. The smallest absolute Gasteiger partial charge is 0.341 e. The van der Waals surface area contributed by atoms with Crippen LogP contribution in [0.5, 0.6) is 5.75 Å². The molecular weight excluding hydrogens is 671 g/mol. The van der Waals surface area contributed by atoms with E-state index in [2.05, 4.69) is 0 Å². The van der Waals surface area contributed by atoms with Crippen molar-refractivity contribution >= 4 is 27.6 Å². The van der Waals surface area contributed by atoms with Crippen molar-refractivity contribution in [1.29, 1.82) is 0 Å². The molecule has 0 heterocycles. The zero-order chi connectivity index (χ0) is 36.7. The van der Waals surface area contributed by atoms with Crippen LogP contribution in [0.1, 0.15) is 81.8 Å². The SMILES string of the molecule is CCCCOC(=O)c1ccc(N(Cc2ccc(C(C)(C)C)cc2)C(=O)CN(C)S(=O)(=O)c2c(F)c(F)c(F)c(F)c2F)cc1OCCCC. The van der Waals surface area contributed by atoms with Crippen molar-refractivity contribution in [3.8, 4) is 5.75 Å². The molecule has 268 valence electrons. The average Bonchev–Trinajstić information content (AvgIpc) is 3.05. The number of anilines is 1. The first-order chi connectivity index (χ1) is 22.9. The molecule has 0 fully saturated rings. The van der Waals surface area contributed by atoms with E-state index in [4.69, 9.17) is 9.47 Å². The Kier molecular flexibility index (Phi) is 13.3.